The van der Waals surface area contributed by atoms with Crippen LogP contribution < -0.4 is 10.5 Å². The van der Waals surface area contributed by atoms with Crippen LogP contribution in [0.4, 0.5) is 0 Å². The summed E-state index contributed by atoms with van der Waals surface area (Å²) in [5, 5.41) is 9.24. The van der Waals surface area contributed by atoms with Crippen LogP contribution in [-0.2, 0) is 14.3 Å². The number of nitrogens with two attached hydrogens (primary N) is 1. The van der Waals surface area contributed by atoms with Gasteiger partial charge in [-0.05, 0) is 29.9 Å². The minimum absolute atomic E-state index is 0. The zero-order valence-corrected chi connectivity index (χ0v) is 16.1. The van der Waals surface area contributed by atoms with Gasteiger partial charge in [0.15, 0.2) is 6.61 Å². The normalized spacial score (nSPS) is 13.2. The standard InChI is InChI=1S/C18H27NO5.ClH/c1-10(2)13-7-6-8-14(11(3)4)17(13)24-15(21)9-23-18(22)16(19)12(5)20;/h6-8,10-12,16,20H,9,19H2,1-5H3;1H/t12?,16-;/m1./s1. The lowest BCUT2D eigenvalue weighted by molar-refractivity contribution is -0.156. The van der Waals surface area contributed by atoms with Crippen LogP contribution in [0.1, 0.15) is 57.6 Å². The Morgan fingerprint density at radius 2 is 1.56 bits per heavy atom. The molecule has 0 aliphatic carbocycles. The lowest BCUT2D eigenvalue weighted by Crippen LogP contribution is -2.42. The molecule has 0 radical (unpaired) electrons. The molecule has 0 saturated carbocycles. The topological polar surface area (TPSA) is 98.9 Å². The number of esters is 2. The molecule has 0 bridgehead atoms. The van der Waals surface area contributed by atoms with Crippen LogP contribution in [0, 0.1) is 0 Å². The monoisotopic (exact) mass is 373 g/mol. The summed E-state index contributed by atoms with van der Waals surface area (Å²) in [6.07, 6.45) is -1.05. The van der Waals surface area contributed by atoms with Crippen LogP contribution >= 0.6 is 12.4 Å². The molecule has 0 amide bonds. The van der Waals surface area contributed by atoms with E-state index in [1.54, 1.807) is 0 Å². The van der Waals surface area contributed by atoms with Crippen molar-refractivity contribution in [1.29, 1.82) is 0 Å². The van der Waals surface area contributed by atoms with Gasteiger partial charge < -0.3 is 20.3 Å². The first-order valence-electron chi connectivity index (χ1n) is 8.08. The SMILES string of the molecule is CC(C)c1cccc(C(C)C)c1OC(=O)COC(=O)[C@H](N)C(C)O.Cl. The fourth-order valence-corrected chi connectivity index (χ4v) is 2.17. The average molecular weight is 374 g/mol. The van der Waals surface area contributed by atoms with E-state index in [1.165, 1.54) is 6.92 Å². The zero-order chi connectivity index (χ0) is 18.4. The second-order valence-corrected chi connectivity index (χ2v) is 6.42. The molecule has 25 heavy (non-hydrogen) atoms. The smallest absolute Gasteiger partial charge is 0.349 e. The van der Waals surface area contributed by atoms with Gasteiger partial charge in [0.1, 0.15) is 11.8 Å². The van der Waals surface area contributed by atoms with Crippen molar-refractivity contribution in [1.82, 2.24) is 0 Å². The van der Waals surface area contributed by atoms with Gasteiger partial charge in [-0.15, -0.1) is 12.4 Å². The van der Waals surface area contributed by atoms with E-state index in [0.717, 1.165) is 11.1 Å². The maximum absolute atomic E-state index is 12.1. The quantitative estimate of drug-likeness (QED) is 0.562. The number of rotatable bonds is 7. The minimum atomic E-state index is -1.19. The molecule has 7 heteroatoms. The van der Waals surface area contributed by atoms with E-state index >= 15 is 0 Å². The number of carbonyl (C=O) groups excluding carboxylic acids is 2. The van der Waals surface area contributed by atoms with Gasteiger partial charge in [0.25, 0.3) is 0 Å². The second-order valence-electron chi connectivity index (χ2n) is 6.42. The molecule has 0 spiro atoms. The average Bonchev–Trinajstić information content (AvgIpc) is 2.51. The molecule has 2 atom stereocenters. The van der Waals surface area contributed by atoms with Crippen molar-refractivity contribution in [3.63, 3.8) is 0 Å². The molecule has 6 nitrogen and oxygen atoms in total. The number of halogens is 1. The van der Waals surface area contributed by atoms with Gasteiger partial charge >= 0.3 is 11.9 Å². The Balaban J connectivity index is 0.00000576. The molecule has 0 aliphatic rings. The van der Waals surface area contributed by atoms with Gasteiger partial charge in [-0.1, -0.05) is 45.9 Å². The molecule has 0 fully saturated rings. The van der Waals surface area contributed by atoms with Crippen LogP contribution in [0.25, 0.3) is 0 Å². The Morgan fingerprint density at radius 1 is 1.08 bits per heavy atom. The number of ether oxygens (including phenoxy) is 2. The van der Waals surface area contributed by atoms with Gasteiger partial charge in [-0.2, -0.15) is 0 Å². The highest BCUT2D eigenvalue weighted by atomic mass is 35.5. The van der Waals surface area contributed by atoms with Gasteiger partial charge in [0.05, 0.1) is 6.10 Å². The van der Waals surface area contributed by atoms with E-state index < -0.39 is 30.7 Å². The first-order chi connectivity index (χ1) is 11.1. The minimum Gasteiger partial charge on any atom is -0.452 e. The summed E-state index contributed by atoms with van der Waals surface area (Å²) in [7, 11) is 0. The van der Waals surface area contributed by atoms with E-state index in [4.69, 9.17) is 15.2 Å². The van der Waals surface area contributed by atoms with Crippen molar-refractivity contribution in [2.24, 2.45) is 5.73 Å². The highest BCUT2D eigenvalue weighted by Gasteiger charge is 2.23. The number of carbonyl (C=O) groups is 2. The van der Waals surface area contributed by atoms with E-state index in [2.05, 4.69) is 0 Å². The number of aliphatic hydroxyl groups is 1. The first-order valence-corrected chi connectivity index (χ1v) is 8.08. The van der Waals surface area contributed by atoms with Crippen LogP contribution in [0.3, 0.4) is 0 Å². The Morgan fingerprint density at radius 3 is 1.96 bits per heavy atom. The summed E-state index contributed by atoms with van der Waals surface area (Å²) in [5.74, 6) is -0.655. The van der Waals surface area contributed by atoms with Crippen LogP contribution in [0.15, 0.2) is 18.2 Å². The zero-order valence-electron chi connectivity index (χ0n) is 15.3. The number of benzene rings is 1. The molecule has 0 heterocycles. The highest BCUT2D eigenvalue weighted by molar-refractivity contribution is 5.85. The van der Waals surface area contributed by atoms with Crippen molar-refractivity contribution in [3.8, 4) is 5.75 Å². The second kappa shape index (κ2) is 10.4. The van der Waals surface area contributed by atoms with Crippen molar-refractivity contribution < 1.29 is 24.2 Å². The highest BCUT2D eigenvalue weighted by Crippen LogP contribution is 2.34. The summed E-state index contributed by atoms with van der Waals surface area (Å²) in [6, 6.07) is 4.57. The molecule has 0 saturated heterocycles. The number of hydrogen-bond donors (Lipinski definition) is 2. The predicted molar refractivity (Wildman–Crippen MR) is 98.1 cm³/mol. The van der Waals surface area contributed by atoms with E-state index in [-0.39, 0.29) is 24.2 Å². The summed E-state index contributed by atoms with van der Waals surface area (Å²) >= 11 is 0. The third-order valence-corrected chi connectivity index (χ3v) is 3.66. The molecule has 3 N–H and O–H groups in total. The van der Waals surface area contributed by atoms with Crippen LogP contribution in [0.2, 0.25) is 0 Å². The van der Waals surface area contributed by atoms with Crippen molar-refractivity contribution in [3.05, 3.63) is 29.3 Å². The fourth-order valence-electron chi connectivity index (χ4n) is 2.17. The largest absolute Gasteiger partial charge is 0.452 e. The van der Waals surface area contributed by atoms with Crippen molar-refractivity contribution >= 4 is 24.3 Å². The molecule has 1 aromatic rings. The fraction of sp³-hybridized carbons (Fsp3) is 0.556. The molecule has 0 aromatic heterocycles. The third-order valence-electron chi connectivity index (χ3n) is 3.66. The summed E-state index contributed by atoms with van der Waals surface area (Å²) in [6.45, 7) is 8.87. The van der Waals surface area contributed by atoms with Gasteiger partial charge in [-0.3, -0.25) is 4.79 Å². The Hall–Kier alpha value is -1.63. The predicted octanol–water partition coefficient (Wildman–Crippen LogP) is 2.51. The molecular formula is C18H28ClNO5. The van der Waals surface area contributed by atoms with Crippen molar-refractivity contribution in [2.75, 3.05) is 6.61 Å². The van der Waals surface area contributed by atoms with E-state index in [0.29, 0.717) is 5.75 Å². The summed E-state index contributed by atoms with van der Waals surface area (Å²) in [4.78, 5) is 23.6. The Bertz CT molecular complexity index is 561. The van der Waals surface area contributed by atoms with Gasteiger partial charge in [-0.25, -0.2) is 4.79 Å². The van der Waals surface area contributed by atoms with E-state index in [9.17, 15) is 14.7 Å². The Labute approximate surface area is 155 Å². The van der Waals surface area contributed by atoms with Crippen LogP contribution in [0.5, 0.6) is 5.75 Å². The van der Waals surface area contributed by atoms with E-state index in [1.807, 2.05) is 45.9 Å². The Kier molecular flexibility index (Phi) is 9.70. The molecular weight excluding hydrogens is 346 g/mol. The van der Waals surface area contributed by atoms with Crippen LogP contribution in [-0.4, -0.2) is 35.8 Å². The van der Waals surface area contributed by atoms with Gasteiger partial charge in [0, 0.05) is 0 Å². The lowest BCUT2D eigenvalue weighted by Gasteiger charge is -2.19. The number of hydrogen-bond acceptors (Lipinski definition) is 6. The number of para-hydroxylation sites is 1. The summed E-state index contributed by atoms with van der Waals surface area (Å²) < 4.78 is 10.3. The maximum Gasteiger partial charge on any atom is 0.349 e. The molecule has 1 unspecified atom stereocenters. The molecule has 0 aliphatic heterocycles. The summed E-state index contributed by atoms with van der Waals surface area (Å²) in [5.41, 5.74) is 7.29. The number of aliphatic hydroxyl groups excluding tert-OH is 1. The first kappa shape index (κ1) is 23.4. The molecule has 1 rings (SSSR count). The maximum atomic E-state index is 12.1. The molecule has 1 aromatic carbocycles. The third kappa shape index (κ3) is 6.65. The van der Waals surface area contributed by atoms with Crippen molar-refractivity contribution in [2.45, 2.75) is 58.6 Å². The van der Waals surface area contributed by atoms with Gasteiger partial charge in [0.2, 0.25) is 0 Å². The molecule has 142 valence electrons. The lowest BCUT2D eigenvalue weighted by atomic mass is 9.94.